The molecule has 1 rings (SSSR count). The van der Waals surface area contributed by atoms with Gasteiger partial charge in [-0.05, 0) is 20.8 Å². The van der Waals surface area contributed by atoms with E-state index in [2.05, 4.69) is 9.82 Å². The minimum Gasteiger partial charge on any atom is -0.394 e. The Kier molecular flexibility index (Phi) is 2.94. The number of nitrogen functional groups attached to an aromatic ring is 1. The summed E-state index contributed by atoms with van der Waals surface area (Å²) in [5.41, 5.74) is 6.67. The number of aromatic nitrogens is 2. The first-order valence-electron chi connectivity index (χ1n) is 4.56. The molecule has 0 spiro atoms. The fraction of sp³-hybridized carbons (Fsp3) is 0.625. The lowest BCUT2D eigenvalue weighted by atomic mass is 10.4. The molecule has 0 atom stereocenters. The van der Waals surface area contributed by atoms with E-state index in [9.17, 15) is 8.42 Å². The second kappa shape index (κ2) is 3.73. The van der Waals surface area contributed by atoms with Crippen molar-refractivity contribution in [2.24, 2.45) is 7.05 Å². The molecule has 0 saturated carbocycles. The molecule has 86 valence electrons. The van der Waals surface area contributed by atoms with Crippen molar-refractivity contribution in [2.75, 3.05) is 10.5 Å². The van der Waals surface area contributed by atoms with Crippen LogP contribution in [0.4, 0.5) is 11.5 Å². The average molecular weight is 232 g/mol. The molecule has 0 aliphatic rings. The van der Waals surface area contributed by atoms with Crippen molar-refractivity contribution < 1.29 is 8.42 Å². The van der Waals surface area contributed by atoms with E-state index in [1.807, 2.05) is 0 Å². The Morgan fingerprint density at radius 2 is 2.00 bits per heavy atom. The summed E-state index contributed by atoms with van der Waals surface area (Å²) in [7, 11) is -1.73. The van der Waals surface area contributed by atoms with Gasteiger partial charge in [-0.2, -0.15) is 5.10 Å². The number of nitrogens with two attached hydrogens (primary N) is 1. The summed E-state index contributed by atoms with van der Waals surface area (Å²) in [4.78, 5) is 0. The number of aryl methyl sites for hydroxylation is 2. The molecule has 0 aliphatic carbocycles. The second-order valence-electron chi connectivity index (χ2n) is 3.67. The van der Waals surface area contributed by atoms with Crippen molar-refractivity contribution in [3.8, 4) is 0 Å². The predicted octanol–water partition coefficient (Wildman–Crippen LogP) is 0.461. The summed E-state index contributed by atoms with van der Waals surface area (Å²) >= 11 is 0. The molecule has 0 aliphatic heterocycles. The number of rotatable bonds is 3. The summed E-state index contributed by atoms with van der Waals surface area (Å²) in [6.07, 6.45) is 0. The third-order valence-corrected chi connectivity index (χ3v) is 3.85. The summed E-state index contributed by atoms with van der Waals surface area (Å²) in [5, 5.41) is 3.51. The lowest BCUT2D eigenvalue weighted by molar-refractivity contribution is 0.592. The van der Waals surface area contributed by atoms with Gasteiger partial charge >= 0.3 is 0 Å². The number of nitrogens with zero attached hydrogens (tertiary/aromatic N) is 2. The zero-order valence-corrected chi connectivity index (χ0v) is 10.1. The predicted molar refractivity (Wildman–Crippen MR) is 60.0 cm³/mol. The Morgan fingerprint density at radius 1 is 1.47 bits per heavy atom. The summed E-state index contributed by atoms with van der Waals surface area (Å²) in [6.45, 7) is 4.92. The Bertz CT molecular complexity index is 461. The van der Waals surface area contributed by atoms with Gasteiger partial charge in [0.2, 0.25) is 10.0 Å². The zero-order valence-electron chi connectivity index (χ0n) is 9.27. The van der Waals surface area contributed by atoms with E-state index < -0.39 is 15.3 Å². The first kappa shape index (κ1) is 11.8. The maximum Gasteiger partial charge on any atom is 0.236 e. The molecule has 0 bridgehead atoms. The van der Waals surface area contributed by atoms with Crippen molar-refractivity contribution in [1.29, 1.82) is 0 Å². The SMILES string of the molecule is Cc1nn(C)c(NS(=O)(=O)C(C)C)c1N. The fourth-order valence-electron chi connectivity index (χ4n) is 1.05. The second-order valence-corrected chi connectivity index (χ2v) is 5.90. The maximum absolute atomic E-state index is 11.6. The molecule has 0 amide bonds. The van der Waals surface area contributed by atoms with Crippen LogP contribution in [0.5, 0.6) is 0 Å². The number of hydrogen-bond acceptors (Lipinski definition) is 4. The Morgan fingerprint density at radius 3 is 2.33 bits per heavy atom. The van der Waals surface area contributed by atoms with Gasteiger partial charge in [0.05, 0.1) is 16.6 Å². The molecule has 7 heteroatoms. The van der Waals surface area contributed by atoms with Crippen LogP contribution in [0.25, 0.3) is 0 Å². The van der Waals surface area contributed by atoms with Crippen molar-refractivity contribution in [3.63, 3.8) is 0 Å². The van der Waals surface area contributed by atoms with Gasteiger partial charge in [0.25, 0.3) is 0 Å². The van der Waals surface area contributed by atoms with Gasteiger partial charge in [-0.1, -0.05) is 0 Å². The molecule has 1 aromatic heterocycles. The monoisotopic (exact) mass is 232 g/mol. The van der Waals surface area contributed by atoms with Crippen LogP contribution < -0.4 is 10.5 Å². The fourth-order valence-corrected chi connectivity index (χ4v) is 1.80. The van der Waals surface area contributed by atoms with Crippen LogP contribution in [0.3, 0.4) is 0 Å². The lowest BCUT2D eigenvalue weighted by Gasteiger charge is -2.11. The number of hydrogen-bond donors (Lipinski definition) is 2. The van der Waals surface area contributed by atoms with Gasteiger partial charge in [-0.25, -0.2) is 13.1 Å². The minimum atomic E-state index is -3.37. The highest BCUT2D eigenvalue weighted by molar-refractivity contribution is 7.93. The van der Waals surface area contributed by atoms with E-state index in [1.54, 1.807) is 27.8 Å². The molecule has 1 heterocycles. The van der Waals surface area contributed by atoms with E-state index in [0.29, 0.717) is 17.2 Å². The minimum absolute atomic E-state index is 0.321. The average Bonchev–Trinajstić information content (AvgIpc) is 2.32. The van der Waals surface area contributed by atoms with Gasteiger partial charge in [0.15, 0.2) is 5.82 Å². The van der Waals surface area contributed by atoms with E-state index in [4.69, 9.17) is 5.73 Å². The molecular formula is C8H16N4O2S. The standard InChI is InChI=1S/C8H16N4O2S/c1-5(2)15(13,14)11-8-7(9)6(3)10-12(8)4/h5,11H,9H2,1-4H3. The summed E-state index contributed by atoms with van der Waals surface area (Å²) in [5.74, 6) is 0.321. The van der Waals surface area contributed by atoms with E-state index in [0.717, 1.165) is 0 Å². The highest BCUT2D eigenvalue weighted by Crippen LogP contribution is 2.22. The highest BCUT2D eigenvalue weighted by Gasteiger charge is 2.20. The Balaban J connectivity index is 3.11. The highest BCUT2D eigenvalue weighted by atomic mass is 32.2. The van der Waals surface area contributed by atoms with Gasteiger partial charge in [-0.15, -0.1) is 0 Å². The third kappa shape index (κ3) is 2.23. The topological polar surface area (TPSA) is 90.0 Å². The Hall–Kier alpha value is -1.24. The van der Waals surface area contributed by atoms with E-state index >= 15 is 0 Å². The van der Waals surface area contributed by atoms with Crippen LogP contribution in [0.1, 0.15) is 19.5 Å². The van der Waals surface area contributed by atoms with Crippen molar-refractivity contribution >= 4 is 21.5 Å². The Labute approximate surface area is 89.5 Å². The smallest absolute Gasteiger partial charge is 0.236 e. The molecule has 1 aromatic rings. The molecule has 0 fully saturated rings. The number of anilines is 2. The van der Waals surface area contributed by atoms with E-state index in [-0.39, 0.29) is 0 Å². The largest absolute Gasteiger partial charge is 0.394 e. The van der Waals surface area contributed by atoms with Crippen LogP contribution in [0, 0.1) is 6.92 Å². The molecule has 15 heavy (non-hydrogen) atoms. The van der Waals surface area contributed by atoms with Crippen molar-refractivity contribution in [2.45, 2.75) is 26.0 Å². The van der Waals surface area contributed by atoms with Crippen LogP contribution in [-0.2, 0) is 17.1 Å². The molecule has 0 saturated heterocycles. The molecule has 3 N–H and O–H groups in total. The normalized spacial score (nSPS) is 12.1. The molecular weight excluding hydrogens is 216 g/mol. The lowest BCUT2D eigenvalue weighted by Crippen LogP contribution is -2.24. The van der Waals surface area contributed by atoms with E-state index in [1.165, 1.54) is 4.68 Å². The molecule has 6 nitrogen and oxygen atoms in total. The van der Waals surface area contributed by atoms with Gasteiger partial charge in [-0.3, -0.25) is 4.72 Å². The molecule has 0 radical (unpaired) electrons. The van der Waals surface area contributed by atoms with Crippen LogP contribution in [0.2, 0.25) is 0 Å². The van der Waals surface area contributed by atoms with Crippen LogP contribution in [0.15, 0.2) is 0 Å². The van der Waals surface area contributed by atoms with Gasteiger partial charge in [0.1, 0.15) is 0 Å². The first-order valence-corrected chi connectivity index (χ1v) is 6.11. The van der Waals surface area contributed by atoms with Gasteiger partial charge in [0, 0.05) is 7.05 Å². The summed E-state index contributed by atoms with van der Waals surface area (Å²) < 4.78 is 27.1. The molecule has 0 aromatic carbocycles. The summed E-state index contributed by atoms with van der Waals surface area (Å²) in [6, 6.07) is 0. The van der Waals surface area contributed by atoms with Crippen LogP contribution >= 0.6 is 0 Å². The number of sulfonamides is 1. The molecule has 0 unspecified atom stereocenters. The first-order chi connectivity index (χ1) is 6.75. The maximum atomic E-state index is 11.6. The zero-order chi connectivity index (χ0) is 11.8. The van der Waals surface area contributed by atoms with Gasteiger partial charge < -0.3 is 5.73 Å². The number of nitrogens with one attached hydrogen (secondary N) is 1. The van der Waals surface area contributed by atoms with Crippen molar-refractivity contribution in [1.82, 2.24) is 9.78 Å². The quantitative estimate of drug-likeness (QED) is 0.792. The van der Waals surface area contributed by atoms with Crippen molar-refractivity contribution in [3.05, 3.63) is 5.69 Å². The third-order valence-electron chi connectivity index (χ3n) is 2.13. The van der Waals surface area contributed by atoms with Crippen LogP contribution in [-0.4, -0.2) is 23.4 Å².